The molecule has 2 N–H and O–H groups in total. The molecule has 0 heterocycles. The first-order chi connectivity index (χ1) is 10.8. The fourth-order valence-corrected chi connectivity index (χ4v) is 1.79. The van der Waals surface area contributed by atoms with E-state index in [0.29, 0.717) is 18.7 Å². The van der Waals surface area contributed by atoms with E-state index in [-0.39, 0.29) is 5.02 Å². The van der Waals surface area contributed by atoms with Crippen LogP contribution in [0.3, 0.4) is 0 Å². The summed E-state index contributed by atoms with van der Waals surface area (Å²) in [7, 11) is 0. The van der Waals surface area contributed by atoms with Gasteiger partial charge in [-0.2, -0.15) is 0 Å². The highest BCUT2D eigenvalue weighted by Gasteiger charge is 2.19. The number of amides is 2. The summed E-state index contributed by atoms with van der Waals surface area (Å²) in [6, 6.07) is 0.396. The quantitative estimate of drug-likeness (QED) is 0.601. The predicted octanol–water partition coefficient (Wildman–Crippen LogP) is 1.42. The molecule has 6 nitrogen and oxygen atoms in total. The topological polar surface area (TPSA) is 84.5 Å². The number of rotatable bonds is 6. The van der Waals surface area contributed by atoms with Gasteiger partial charge >= 0.3 is 5.97 Å². The lowest BCUT2D eigenvalue weighted by Crippen LogP contribution is -2.46. The van der Waals surface area contributed by atoms with Crippen LogP contribution >= 0.6 is 11.6 Å². The van der Waals surface area contributed by atoms with Crippen LogP contribution in [-0.2, 0) is 14.3 Å². The second kappa shape index (κ2) is 8.42. The molecule has 0 unspecified atom stereocenters. The molecular weight excluding hydrogens is 334 g/mol. The van der Waals surface area contributed by atoms with E-state index in [1.807, 2.05) is 0 Å². The molecule has 1 aromatic carbocycles. The predicted molar refractivity (Wildman–Crippen MR) is 77.9 cm³/mol. The average Bonchev–Trinajstić information content (AvgIpc) is 2.48. The van der Waals surface area contributed by atoms with Crippen LogP contribution in [0.2, 0.25) is 5.02 Å². The highest BCUT2D eigenvalue weighted by atomic mass is 35.5. The van der Waals surface area contributed by atoms with Gasteiger partial charge in [0.2, 0.25) is 5.91 Å². The Labute approximate surface area is 136 Å². The zero-order valence-corrected chi connectivity index (χ0v) is 13.2. The Hall–Kier alpha value is -2.22. The van der Waals surface area contributed by atoms with Crippen molar-refractivity contribution in [1.82, 2.24) is 10.6 Å². The van der Waals surface area contributed by atoms with Crippen LogP contribution in [0.1, 0.15) is 24.2 Å². The van der Waals surface area contributed by atoms with Gasteiger partial charge in [0.15, 0.2) is 18.2 Å². The molecule has 0 saturated heterocycles. The number of hydrogen-bond donors (Lipinski definition) is 2. The Balaban J connectivity index is 2.58. The molecule has 0 spiro atoms. The van der Waals surface area contributed by atoms with Gasteiger partial charge < -0.3 is 15.4 Å². The Bertz CT molecular complexity index is 625. The summed E-state index contributed by atoms with van der Waals surface area (Å²) >= 11 is 5.61. The van der Waals surface area contributed by atoms with Crippen LogP contribution in [0.25, 0.3) is 0 Å². The number of ether oxygens (including phenoxy) is 1. The number of likely N-dealkylation sites (N-methyl/N-ethyl adjacent to an activating group) is 1. The molecule has 23 heavy (non-hydrogen) atoms. The summed E-state index contributed by atoms with van der Waals surface area (Å²) in [6.07, 6.45) is 0. The van der Waals surface area contributed by atoms with Gasteiger partial charge in [-0.05, 0) is 26.0 Å². The fourth-order valence-electron chi connectivity index (χ4n) is 1.56. The summed E-state index contributed by atoms with van der Waals surface area (Å²) in [5.74, 6) is -4.68. The third kappa shape index (κ3) is 5.48. The summed E-state index contributed by atoms with van der Waals surface area (Å²) in [5.41, 5.74) is -0.407. The van der Waals surface area contributed by atoms with E-state index < -0.39 is 47.6 Å². The molecule has 0 fully saturated rings. The van der Waals surface area contributed by atoms with Crippen molar-refractivity contribution in [3.05, 3.63) is 34.4 Å². The van der Waals surface area contributed by atoms with Gasteiger partial charge in [-0.3, -0.25) is 9.59 Å². The second-order valence-corrected chi connectivity index (χ2v) is 4.91. The number of hydrogen-bond acceptors (Lipinski definition) is 4. The maximum atomic E-state index is 13.1. The first kappa shape index (κ1) is 18.8. The Kier molecular flexibility index (Phi) is 6.89. The molecule has 2 amide bonds. The van der Waals surface area contributed by atoms with Gasteiger partial charge in [0.05, 0.1) is 10.6 Å². The minimum Gasteiger partial charge on any atom is -0.452 e. The molecule has 0 aliphatic rings. The van der Waals surface area contributed by atoms with Gasteiger partial charge in [0.1, 0.15) is 6.04 Å². The number of esters is 1. The first-order valence-corrected chi connectivity index (χ1v) is 7.02. The van der Waals surface area contributed by atoms with Crippen molar-refractivity contribution >= 4 is 29.4 Å². The molecule has 0 radical (unpaired) electrons. The van der Waals surface area contributed by atoms with Crippen molar-refractivity contribution in [3.63, 3.8) is 0 Å². The molecule has 0 bridgehead atoms. The zero-order valence-electron chi connectivity index (χ0n) is 12.4. The number of carbonyl (C=O) groups is 3. The van der Waals surface area contributed by atoms with Crippen LogP contribution in [0.4, 0.5) is 8.78 Å². The molecule has 0 saturated carbocycles. The fraction of sp³-hybridized carbons (Fsp3) is 0.357. The lowest BCUT2D eigenvalue weighted by molar-refractivity contribution is -0.130. The molecule has 126 valence electrons. The van der Waals surface area contributed by atoms with Gasteiger partial charge in [-0.15, -0.1) is 0 Å². The lowest BCUT2D eigenvalue weighted by Gasteiger charge is -2.13. The third-order valence-electron chi connectivity index (χ3n) is 2.69. The zero-order chi connectivity index (χ0) is 17.6. The molecule has 0 aliphatic heterocycles. The van der Waals surface area contributed by atoms with Crippen LogP contribution < -0.4 is 10.6 Å². The van der Waals surface area contributed by atoms with E-state index in [9.17, 15) is 23.2 Å². The summed E-state index contributed by atoms with van der Waals surface area (Å²) in [5, 5.41) is 4.47. The number of carbonyl (C=O) groups excluding carboxylic acids is 3. The molecule has 0 aliphatic carbocycles. The lowest BCUT2D eigenvalue weighted by atomic mass is 10.2. The van der Waals surface area contributed by atoms with Crippen molar-refractivity contribution in [3.8, 4) is 0 Å². The molecule has 0 aromatic heterocycles. The van der Waals surface area contributed by atoms with Gasteiger partial charge in [-0.1, -0.05) is 11.6 Å². The van der Waals surface area contributed by atoms with Crippen molar-refractivity contribution in [2.45, 2.75) is 19.9 Å². The number of halogens is 3. The average molecular weight is 349 g/mol. The summed E-state index contributed by atoms with van der Waals surface area (Å²) < 4.78 is 30.6. The third-order valence-corrected chi connectivity index (χ3v) is 3.00. The van der Waals surface area contributed by atoms with E-state index in [1.165, 1.54) is 6.92 Å². The van der Waals surface area contributed by atoms with E-state index in [0.717, 1.165) is 0 Å². The van der Waals surface area contributed by atoms with Crippen molar-refractivity contribution in [1.29, 1.82) is 0 Å². The van der Waals surface area contributed by atoms with Gasteiger partial charge in [-0.25, -0.2) is 13.6 Å². The molecule has 9 heteroatoms. The first-order valence-electron chi connectivity index (χ1n) is 6.65. The highest BCUT2D eigenvalue weighted by Crippen LogP contribution is 2.20. The van der Waals surface area contributed by atoms with Crippen LogP contribution in [0.15, 0.2) is 12.1 Å². The maximum Gasteiger partial charge on any atom is 0.340 e. The van der Waals surface area contributed by atoms with Crippen molar-refractivity contribution < 1.29 is 27.9 Å². The van der Waals surface area contributed by atoms with Crippen LogP contribution in [0, 0.1) is 11.6 Å². The van der Waals surface area contributed by atoms with E-state index in [4.69, 9.17) is 11.6 Å². The largest absolute Gasteiger partial charge is 0.452 e. The maximum absolute atomic E-state index is 13.1. The number of benzene rings is 1. The minimum atomic E-state index is -1.27. The monoisotopic (exact) mass is 348 g/mol. The van der Waals surface area contributed by atoms with Crippen molar-refractivity contribution in [2.75, 3.05) is 13.2 Å². The van der Waals surface area contributed by atoms with E-state index in [1.54, 1.807) is 6.92 Å². The standard InChI is InChI=1S/C14H15ClF2N2O4/c1-3-18-13(21)7(2)19-12(20)6-23-14(22)8-4-10(16)11(17)5-9(8)15/h4-5,7H,3,6H2,1-2H3,(H,18,21)(H,19,20)/t7-/m0/s1. The van der Waals surface area contributed by atoms with Crippen LogP contribution in [-0.4, -0.2) is 37.0 Å². The normalized spacial score (nSPS) is 11.5. The van der Waals surface area contributed by atoms with E-state index in [2.05, 4.69) is 15.4 Å². The summed E-state index contributed by atoms with van der Waals surface area (Å²) in [4.78, 5) is 34.7. The Morgan fingerprint density at radius 3 is 2.48 bits per heavy atom. The van der Waals surface area contributed by atoms with Gasteiger partial charge in [0, 0.05) is 6.54 Å². The summed E-state index contributed by atoms with van der Waals surface area (Å²) in [6.45, 7) is 2.89. The molecular formula is C14H15ClF2N2O4. The Morgan fingerprint density at radius 1 is 1.26 bits per heavy atom. The van der Waals surface area contributed by atoms with E-state index >= 15 is 0 Å². The minimum absolute atomic E-state index is 0.343. The molecule has 1 aromatic rings. The SMILES string of the molecule is CCNC(=O)[C@H](C)NC(=O)COC(=O)c1cc(F)c(F)cc1Cl. The van der Waals surface area contributed by atoms with Crippen LogP contribution in [0.5, 0.6) is 0 Å². The smallest absolute Gasteiger partial charge is 0.340 e. The number of nitrogens with one attached hydrogen (secondary N) is 2. The molecule has 1 atom stereocenters. The van der Waals surface area contributed by atoms with Crippen molar-refractivity contribution in [2.24, 2.45) is 0 Å². The Morgan fingerprint density at radius 2 is 1.87 bits per heavy atom. The molecule has 1 rings (SSSR count). The second-order valence-electron chi connectivity index (χ2n) is 4.51. The highest BCUT2D eigenvalue weighted by molar-refractivity contribution is 6.33. The van der Waals surface area contributed by atoms with Gasteiger partial charge in [0.25, 0.3) is 5.91 Å².